The summed E-state index contributed by atoms with van der Waals surface area (Å²) in [4.78, 5) is 0. The van der Waals surface area contributed by atoms with E-state index in [1.807, 2.05) is 0 Å². The maximum Gasteiger partial charge on any atom is 0.136 e. The average Bonchev–Trinajstić information content (AvgIpc) is 3.56. The summed E-state index contributed by atoms with van der Waals surface area (Å²) >= 11 is 0. The molecule has 0 spiro atoms. The van der Waals surface area contributed by atoms with Crippen molar-refractivity contribution in [1.29, 1.82) is 0 Å². The highest BCUT2D eigenvalue weighted by Crippen LogP contribution is 2.45. The molecule has 0 radical (unpaired) electrons. The van der Waals surface area contributed by atoms with Gasteiger partial charge in [-0.25, -0.2) is 0 Å². The summed E-state index contributed by atoms with van der Waals surface area (Å²) in [5, 5.41) is 14.5. The van der Waals surface area contributed by atoms with Crippen molar-refractivity contribution in [2.75, 3.05) is 0 Å². The largest absolute Gasteiger partial charge is 0.456 e. The van der Waals surface area contributed by atoms with Crippen LogP contribution in [-0.4, -0.2) is 0 Å². The minimum atomic E-state index is 0.289. The van der Waals surface area contributed by atoms with Gasteiger partial charge in [0.1, 0.15) is 11.0 Å². The SMILES string of the molecule is C1=c2ccc3ccccc3c2=CCC1c1c2ccccc2c(-c2cccc(-c3cc4cccc5oc6c(c3CCC=6)c45)c2)c2ccccc12. The van der Waals surface area contributed by atoms with E-state index < -0.39 is 0 Å². The molecule has 0 bridgehead atoms. The normalized spacial score (nSPS) is 15.4. The van der Waals surface area contributed by atoms with Crippen LogP contribution < -0.4 is 15.9 Å². The van der Waals surface area contributed by atoms with E-state index in [0.717, 1.165) is 30.3 Å². The van der Waals surface area contributed by atoms with Crippen LogP contribution >= 0.6 is 0 Å². The summed E-state index contributed by atoms with van der Waals surface area (Å²) in [5.41, 5.74) is 10.0. The number of rotatable bonds is 3. The predicted octanol–water partition coefficient (Wildman–Crippen LogP) is 10.6. The molecule has 1 heterocycles. The van der Waals surface area contributed by atoms with E-state index in [2.05, 4.69) is 152 Å². The molecule has 2 aliphatic carbocycles. The van der Waals surface area contributed by atoms with Gasteiger partial charge in [-0.05, 0) is 125 Å². The Morgan fingerprint density at radius 3 is 2.10 bits per heavy atom. The fraction of sp³-hybridized carbons (Fsp3) is 0.0833. The van der Waals surface area contributed by atoms with Gasteiger partial charge in [0.2, 0.25) is 0 Å². The van der Waals surface area contributed by atoms with Crippen LogP contribution in [0.3, 0.4) is 0 Å². The van der Waals surface area contributed by atoms with Crippen molar-refractivity contribution in [2.24, 2.45) is 0 Å². The second kappa shape index (κ2) is 10.3. The van der Waals surface area contributed by atoms with Crippen molar-refractivity contribution in [3.63, 3.8) is 0 Å². The molecule has 0 amide bonds. The Balaban J connectivity index is 1.14. The van der Waals surface area contributed by atoms with Crippen molar-refractivity contribution in [3.05, 3.63) is 160 Å². The molecule has 1 nitrogen and oxygen atoms in total. The molecule has 0 saturated heterocycles. The molecule has 9 aromatic rings. The van der Waals surface area contributed by atoms with E-state index in [1.54, 1.807) is 0 Å². The molecule has 0 aliphatic heterocycles. The summed E-state index contributed by atoms with van der Waals surface area (Å²) in [5.74, 6) is 0.289. The molecular weight excluding hydrogens is 593 g/mol. The van der Waals surface area contributed by atoms with Crippen LogP contribution in [0, 0.1) is 0 Å². The van der Waals surface area contributed by atoms with Crippen LogP contribution in [0.25, 0.3) is 94.5 Å². The van der Waals surface area contributed by atoms with E-state index in [4.69, 9.17) is 4.42 Å². The third-order valence-electron chi connectivity index (χ3n) is 11.2. The zero-order valence-electron chi connectivity index (χ0n) is 27.0. The van der Waals surface area contributed by atoms with Gasteiger partial charge < -0.3 is 4.42 Å². The lowest BCUT2D eigenvalue weighted by Gasteiger charge is -2.23. The van der Waals surface area contributed by atoms with Crippen LogP contribution in [0.1, 0.15) is 29.9 Å². The van der Waals surface area contributed by atoms with Crippen molar-refractivity contribution in [3.8, 4) is 22.3 Å². The molecular formula is C48H32O. The topological polar surface area (TPSA) is 13.1 Å². The zero-order chi connectivity index (χ0) is 32.1. The van der Waals surface area contributed by atoms with Gasteiger partial charge in [0.05, 0.1) is 0 Å². The Bertz CT molecular complexity index is 2970. The molecule has 0 fully saturated rings. The van der Waals surface area contributed by atoms with Crippen LogP contribution in [0.5, 0.6) is 0 Å². The molecule has 1 aromatic heterocycles. The molecule has 8 aromatic carbocycles. The van der Waals surface area contributed by atoms with Crippen LogP contribution in [0.15, 0.2) is 138 Å². The van der Waals surface area contributed by atoms with Gasteiger partial charge in [-0.3, -0.25) is 0 Å². The summed E-state index contributed by atoms with van der Waals surface area (Å²) in [7, 11) is 0. The van der Waals surface area contributed by atoms with Gasteiger partial charge in [0.25, 0.3) is 0 Å². The molecule has 11 rings (SSSR count). The highest BCUT2D eigenvalue weighted by Gasteiger charge is 2.23. The van der Waals surface area contributed by atoms with Gasteiger partial charge in [-0.2, -0.15) is 0 Å². The lowest BCUT2D eigenvalue weighted by molar-refractivity contribution is 0.579. The number of furan rings is 1. The molecule has 49 heavy (non-hydrogen) atoms. The maximum atomic E-state index is 6.34. The van der Waals surface area contributed by atoms with E-state index in [-0.39, 0.29) is 5.92 Å². The lowest BCUT2D eigenvalue weighted by atomic mass is 9.80. The predicted molar refractivity (Wildman–Crippen MR) is 207 cm³/mol. The molecule has 1 atom stereocenters. The fourth-order valence-corrected chi connectivity index (χ4v) is 9.13. The van der Waals surface area contributed by atoms with Crippen LogP contribution in [0.2, 0.25) is 0 Å². The third-order valence-corrected chi connectivity index (χ3v) is 11.2. The summed E-state index contributed by atoms with van der Waals surface area (Å²) in [6.45, 7) is 0. The second-order valence-electron chi connectivity index (χ2n) is 13.8. The third kappa shape index (κ3) is 3.93. The maximum absolute atomic E-state index is 6.34. The van der Waals surface area contributed by atoms with Crippen molar-refractivity contribution >= 4 is 72.3 Å². The molecule has 2 aliphatic rings. The molecule has 1 unspecified atom stereocenters. The summed E-state index contributed by atoms with van der Waals surface area (Å²) < 4.78 is 6.34. The second-order valence-corrected chi connectivity index (χ2v) is 13.8. The smallest absolute Gasteiger partial charge is 0.136 e. The number of fused-ring (bicyclic) bond motifs is 5. The van der Waals surface area contributed by atoms with E-state index >= 15 is 0 Å². The first-order valence-electron chi connectivity index (χ1n) is 17.5. The van der Waals surface area contributed by atoms with E-state index in [9.17, 15) is 0 Å². The first-order chi connectivity index (χ1) is 24.3. The number of benzene rings is 8. The van der Waals surface area contributed by atoms with Crippen LogP contribution in [0.4, 0.5) is 0 Å². The van der Waals surface area contributed by atoms with Gasteiger partial charge in [-0.15, -0.1) is 0 Å². The van der Waals surface area contributed by atoms with Gasteiger partial charge in [-0.1, -0.05) is 127 Å². The Kier molecular flexibility index (Phi) is 5.68. The monoisotopic (exact) mass is 624 g/mol. The molecule has 1 heteroatoms. The zero-order valence-corrected chi connectivity index (χ0v) is 27.0. The number of hydrogen-bond donors (Lipinski definition) is 0. The lowest BCUT2D eigenvalue weighted by Crippen LogP contribution is -2.29. The van der Waals surface area contributed by atoms with Crippen molar-refractivity contribution in [1.82, 2.24) is 0 Å². The fourth-order valence-electron chi connectivity index (χ4n) is 9.13. The Morgan fingerprint density at radius 2 is 1.27 bits per heavy atom. The average molecular weight is 625 g/mol. The van der Waals surface area contributed by atoms with Gasteiger partial charge in [0, 0.05) is 16.7 Å². The molecule has 0 saturated carbocycles. The Hall–Kier alpha value is -5.92. The molecule has 230 valence electrons. The number of aryl methyl sites for hydroxylation is 1. The van der Waals surface area contributed by atoms with Crippen LogP contribution in [-0.2, 0) is 6.42 Å². The minimum Gasteiger partial charge on any atom is -0.456 e. The van der Waals surface area contributed by atoms with Gasteiger partial charge in [0.15, 0.2) is 0 Å². The quantitative estimate of drug-likeness (QED) is 0.178. The van der Waals surface area contributed by atoms with Crippen molar-refractivity contribution < 1.29 is 4.42 Å². The summed E-state index contributed by atoms with van der Waals surface area (Å²) in [6.07, 6.45) is 10.3. The van der Waals surface area contributed by atoms with Crippen molar-refractivity contribution in [2.45, 2.75) is 25.2 Å². The highest BCUT2D eigenvalue weighted by atomic mass is 16.3. The molecule has 0 N–H and O–H groups in total. The Labute approximate surface area is 283 Å². The minimum absolute atomic E-state index is 0.289. The standard InChI is InChI=1S/C48H32O/c1-2-14-35-29(10-1)22-23-31-27-34(24-25-36(31)35)46-39-17-5-3-15-37(39)45(38-16-4-6-18-40(38)46)32-12-7-11-30(26-32)42-28-33-13-8-20-43-47(33)48-41(42)19-9-21-44(48)49-43/h1-8,10-18,20-23,25-28,34H,9,19,24H2. The first-order valence-corrected chi connectivity index (χ1v) is 17.5. The first kappa shape index (κ1) is 27.1. The highest BCUT2D eigenvalue weighted by molar-refractivity contribution is 6.16. The van der Waals surface area contributed by atoms with E-state index in [0.29, 0.717) is 0 Å². The van der Waals surface area contributed by atoms with Gasteiger partial charge >= 0.3 is 0 Å². The van der Waals surface area contributed by atoms with E-state index in [1.165, 1.54) is 92.3 Å². The number of hydrogen-bond acceptors (Lipinski definition) is 1. The summed E-state index contributed by atoms with van der Waals surface area (Å²) in [6, 6.07) is 49.6. The Morgan fingerprint density at radius 1 is 0.551 bits per heavy atom.